The molecule has 2 heterocycles. The first-order valence-electron chi connectivity index (χ1n) is 6.08. The zero-order chi connectivity index (χ0) is 14.0. The molecule has 1 aromatic rings. The number of nitro groups is 1. The summed E-state index contributed by atoms with van der Waals surface area (Å²) in [5.41, 5.74) is 0.173. The molecule has 1 fully saturated rings. The number of rotatable bonds is 4. The number of anilines is 1. The molecule has 2 rings (SSSR count). The number of aromatic nitrogens is 2. The Morgan fingerprint density at radius 3 is 2.89 bits per heavy atom. The fourth-order valence-corrected chi connectivity index (χ4v) is 2.52. The largest absolute Gasteiger partial charge is 0.364 e. The van der Waals surface area contributed by atoms with Crippen LogP contribution < -0.4 is 5.32 Å². The molecule has 0 amide bonds. The lowest BCUT2D eigenvalue weighted by Crippen LogP contribution is -2.20. The fraction of sp³-hybridized carbons (Fsp3) is 0.636. The molecule has 8 heteroatoms. The molecule has 0 saturated carbocycles. The summed E-state index contributed by atoms with van der Waals surface area (Å²) in [5, 5.41) is 14.1. The van der Waals surface area contributed by atoms with E-state index in [-0.39, 0.29) is 22.5 Å². The molecule has 1 aliphatic heterocycles. The van der Waals surface area contributed by atoms with Crippen molar-refractivity contribution in [3.8, 4) is 0 Å². The Hall–Kier alpha value is -1.47. The Morgan fingerprint density at radius 1 is 1.58 bits per heavy atom. The number of nitrogens with one attached hydrogen (secondary N) is 1. The molecule has 0 radical (unpaired) electrons. The van der Waals surface area contributed by atoms with Crippen molar-refractivity contribution in [1.29, 1.82) is 0 Å². The van der Waals surface area contributed by atoms with E-state index >= 15 is 0 Å². The summed E-state index contributed by atoms with van der Waals surface area (Å²) in [6, 6.07) is 0. The van der Waals surface area contributed by atoms with Crippen LogP contribution in [0.3, 0.4) is 0 Å². The van der Waals surface area contributed by atoms with E-state index in [4.69, 9.17) is 11.6 Å². The van der Waals surface area contributed by atoms with Crippen LogP contribution in [0.15, 0.2) is 0 Å². The highest BCUT2D eigenvalue weighted by atomic mass is 35.5. The molecule has 7 nitrogen and oxygen atoms in total. The maximum Gasteiger partial charge on any atom is 0.332 e. The Bertz CT molecular complexity index is 496. The van der Waals surface area contributed by atoms with Gasteiger partial charge in [0.25, 0.3) is 0 Å². The molecule has 0 aromatic carbocycles. The van der Waals surface area contributed by atoms with Gasteiger partial charge in [0.1, 0.15) is 5.69 Å². The van der Waals surface area contributed by atoms with Crippen LogP contribution in [0.25, 0.3) is 0 Å². The van der Waals surface area contributed by atoms with Gasteiger partial charge in [0, 0.05) is 13.1 Å². The maximum atomic E-state index is 11.0. The highest BCUT2D eigenvalue weighted by molar-refractivity contribution is 6.28. The molecular weight excluding hydrogens is 270 g/mol. The second-order valence-electron chi connectivity index (χ2n) is 4.83. The predicted octanol–water partition coefficient (Wildman–Crippen LogP) is 1.71. The number of hydrogen-bond acceptors (Lipinski definition) is 6. The van der Waals surface area contributed by atoms with Gasteiger partial charge in [0.15, 0.2) is 0 Å². The molecule has 104 valence electrons. The van der Waals surface area contributed by atoms with Gasteiger partial charge < -0.3 is 10.2 Å². The van der Waals surface area contributed by atoms with Crippen LogP contribution in [0.2, 0.25) is 5.28 Å². The van der Waals surface area contributed by atoms with E-state index in [1.807, 2.05) is 0 Å². The molecule has 1 atom stereocenters. The highest BCUT2D eigenvalue weighted by Crippen LogP contribution is 2.27. The molecule has 0 bridgehead atoms. The molecule has 0 spiro atoms. The minimum atomic E-state index is -0.477. The second-order valence-corrected chi connectivity index (χ2v) is 5.17. The molecule has 1 aliphatic rings. The van der Waals surface area contributed by atoms with Gasteiger partial charge in [-0.25, -0.2) is 4.98 Å². The molecular formula is C11H16ClN5O2. The standard InChI is InChI=1S/C11H16ClN5O2/c1-7-9(17(18)19)10(15-11(12)14-7)13-5-8-3-4-16(2)6-8/h8H,3-6H2,1-2H3,(H,13,14,15). The SMILES string of the molecule is Cc1nc(Cl)nc(NCC2CCN(C)C2)c1[N+](=O)[O-]. The van der Waals surface area contributed by atoms with Crippen LogP contribution in [-0.4, -0.2) is 46.5 Å². The fourth-order valence-electron chi connectivity index (χ4n) is 2.31. The maximum absolute atomic E-state index is 11.0. The van der Waals surface area contributed by atoms with Crippen molar-refractivity contribution < 1.29 is 4.92 Å². The summed E-state index contributed by atoms with van der Waals surface area (Å²) >= 11 is 5.75. The van der Waals surface area contributed by atoms with E-state index in [0.717, 1.165) is 19.5 Å². The van der Waals surface area contributed by atoms with Gasteiger partial charge in [-0.15, -0.1) is 0 Å². The number of likely N-dealkylation sites (tertiary alicyclic amines) is 1. The average Bonchev–Trinajstić information content (AvgIpc) is 2.71. The summed E-state index contributed by atoms with van der Waals surface area (Å²) in [4.78, 5) is 20.5. The Labute approximate surface area is 116 Å². The van der Waals surface area contributed by atoms with Crippen LogP contribution in [0.1, 0.15) is 12.1 Å². The summed E-state index contributed by atoms with van der Waals surface area (Å²) in [6.07, 6.45) is 1.08. The topological polar surface area (TPSA) is 84.2 Å². The molecule has 1 saturated heterocycles. The van der Waals surface area contributed by atoms with E-state index in [1.165, 1.54) is 0 Å². The third-order valence-electron chi connectivity index (χ3n) is 3.26. The normalized spacial score (nSPS) is 19.6. The van der Waals surface area contributed by atoms with Crippen molar-refractivity contribution in [1.82, 2.24) is 14.9 Å². The average molecular weight is 286 g/mol. The van der Waals surface area contributed by atoms with Gasteiger partial charge >= 0.3 is 5.69 Å². The van der Waals surface area contributed by atoms with Gasteiger partial charge in [-0.05, 0) is 44.5 Å². The molecule has 1 unspecified atom stereocenters. The van der Waals surface area contributed by atoms with Crippen LogP contribution >= 0.6 is 11.6 Å². The summed E-state index contributed by atoms with van der Waals surface area (Å²) in [6.45, 7) is 4.24. The monoisotopic (exact) mass is 285 g/mol. The number of halogens is 1. The van der Waals surface area contributed by atoms with E-state index in [1.54, 1.807) is 6.92 Å². The van der Waals surface area contributed by atoms with Crippen molar-refractivity contribution in [2.75, 3.05) is 32.0 Å². The Morgan fingerprint density at radius 2 is 2.32 bits per heavy atom. The van der Waals surface area contributed by atoms with Gasteiger partial charge in [-0.3, -0.25) is 10.1 Å². The van der Waals surface area contributed by atoms with Crippen LogP contribution in [-0.2, 0) is 0 Å². The summed E-state index contributed by atoms with van der Waals surface area (Å²) < 4.78 is 0. The smallest absolute Gasteiger partial charge is 0.332 e. The second kappa shape index (κ2) is 5.66. The zero-order valence-electron chi connectivity index (χ0n) is 10.9. The quantitative estimate of drug-likeness (QED) is 0.515. The first kappa shape index (κ1) is 14.0. The minimum Gasteiger partial charge on any atom is -0.364 e. The van der Waals surface area contributed by atoms with E-state index in [9.17, 15) is 10.1 Å². The Balaban J connectivity index is 2.12. The van der Waals surface area contributed by atoms with Crippen molar-refractivity contribution in [2.24, 2.45) is 5.92 Å². The van der Waals surface area contributed by atoms with Gasteiger partial charge in [-0.1, -0.05) is 0 Å². The van der Waals surface area contributed by atoms with Crippen molar-refractivity contribution >= 4 is 23.1 Å². The van der Waals surface area contributed by atoms with E-state index in [0.29, 0.717) is 12.5 Å². The van der Waals surface area contributed by atoms with Crippen molar-refractivity contribution in [3.05, 3.63) is 21.1 Å². The third kappa shape index (κ3) is 3.30. The van der Waals surface area contributed by atoms with Crippen molar-refractivity contribution in [2.45, 2.75) is 13.3 Å². The van der Waals surface area contributed by atoms with Gasteiger partial charge in [0.2, 0.25) is 11.1 Å². The number of nitrogens with zero attached hydrogens (tertiary/aromatic N) is 4. The summed E-state index contributed by atoms with van der Waals surface area (Å²) in [7, 11) is 2.06. The van der Waals surface area contributed by atoms with Crippen LogP contribution in [0, 0.1) is 23.0 Å². The first-order valence-corrected chi connectivity index (χ1v) is 6.46. The van der Waals surface area contributed by atoms with Crippen LogP contribution in [0.4, 0.5) is 11.5 Å². The first-order chi connectivity index (χ1) is 8.97. The molecule has 1 aromatic heterocycles. The molecule has 19 heavy (non-hydrogen) atoms. The molecule has 1 N–H and O–H groups in total. The van der Waals surface area contributed by atoms with Gasteiger partial charge in [-0.2, -0.15) is 4.98 Å². The Kier molecular flexibility index (Phi) is 4.16. The highest BCUT2D eigenvalue weighted by Gasteiger charge is 2.24. The molecule has 0 aliphatic carbocycles. The minimum absolute atomic E-state index is 0.0224. The lowest BCUT2D eigenvalue weighted by molar-refractivity contribution is -0.385. The third-order valence-corrected chi connectivity index (χ3v) is 3.43. The van der Waals surface area contributed by atoms with Crippen LogP contribution in [0.5, 0.6) is 0 Å². The number of hydrogen-bond donors (Lipinski definition) is 1. The summed E-state index contributed by atoms with van der Waals surface area (Å²) in [5.74, 6) is 0.677. The number of aryl methyl sites for hydroxylation is 1. The lowest BCUT2D eigenvalue weighted by Gasteiger charge is -2.12. The van der Waals surface area contributed by atoms with E-state index < -0.39 is 4.92 Å². The zero-order valence-corrected chi connectivity index (χ0v) is 11.6. The van der Waals surface area contributed by atoms with Crippen molar-refractivity contribution in [3.63, 3.8) is 0 Å². The van der Waals surface area contributed by atoms with Gasteiger partial charge in [0.05, 0.1) is 4.92 Å². The van der Waals surface area contributed by atoms with E-state index in [2.05, 4.69) is 27.2 Å². The predicted molar refractivity (Wildman–Crippen MR) is 72.5 cm³/mol. The lowest BCUT2D eigenvalue weighted by atomic mass is 10.1.